The van der Waals surface area contributed by atoms with E-state index in [9.17, 15) is 4.79 Å². The average molecular weight is 258 g/mol. The number of rotatable bonds is 1. The fourth-order valence-electron chi connectivity index (χ4n) is 3.32. The van der Waals surface area contributed by atoms with Crippen LogP contribution in [-0.4, -0.2) is 29.9 Å². The van der Waals surface area contributed by atoms with E-state index in [0.29, 0.717) is 6.04 Å². The highest BCUT2D eigenvalue weighted by molar-refractivity contribution is 5.84. The van der Waals surface area contributed by atoms with E-state index in [4.69, 9.17) is 0 Å². The molecule has 1 saturated heterocycles. The number of amides is 1. The topological polar surface area (TPSA) is 32.3 Å². The molecule has 1 aromatic rings. The maximum Gasteiger partial charge on any atom is 0.244 e. The molecule has 2 atom stereocenters. The van der Waals surface area contributed by atoms with Gasteiger partial charge < -0.3 is 10.2 Å². The van der Waals surface area contributed by atoms with Crippen molar-refractivity contribution in [2.45, 2.75) is 44.7 Å². The molecule has 2 aliphatic heterocycles. The first kappa shape index (κ1) is 12.7. The van der Waals surface area contributed by atoms with Crippen molar-refractivity contribution in [1.82, 2.24) is 10.2 Å². The molecule has 1 N–H and O–H groups in total. The van der Waals surface area contributed by atoms with Crippen molar-refractivity contribution in [3.05, 3.63) is 35.4 Å². The van der Waals surface area contributed by atoms with Gasteiger partial charge in [-0.05, 0) is 43.7 Å². The predicted molar refractivity (Wildman–Crippen MR) is 75.9 cm³/mol. The summed E-state index contributed by atoms with van der Waals surface area (Å²) < 4.78 is 0. The number of carbonyl (C=O) groups excluding carboxylic acids is 1. The van der Waals surface area contributed by atoms with Gasteiger partial charge in [0.2, 0.25) is 5.91 Å². The molecule has 19 heavy (non-hydrogen) atoms. The van der Waals surface area contributed by atoms with Gasteiger partial charge in [-0.3, -0.25) is 4.79 Å². The molecule has 2 aliphatic rings. The van der Waals surface area contributed by atoms with Crippen molar-refractivity contribution in [3.8, 4) is 0 Å². The lowest BCUT2D eigenvalue weighted by Gasteiger charge is -2.37. The summed E-state index contributed by atoms with van der Waals surface area (Å²) in [5.74, 6) is 0.263. The van der Waals surface area contributed by atoms with Crippen LogP contribution in [0.5, 0.6) is 0 Å². The van der Waals surface area contributed by atoms with Gasteiger partial charge in [-0.1, -0.05) is 24.3 Å². The van der Waals surface area contributed by atoms with Crippen molar-refractivity contribution in [2.24, 2.45) is 0 Å². The van der Waals surface area contributed by atoms with Crippen LogP contribution in [0, 0.1) is 0 Å². The summed E-state index contributed by atoms with van der Waals surface area (Å²) in [5.41, 5.74) is 2.50. The van der Waals surface area contributed by atoms with Gasteiger partial charge in [-0.2, -0.15) is 0 Å². The molecule has 2 heterocycles. The Morgan fingerprint density at radius 3 is 3.00 bits per heavy atom. The zero-order chi connectivity index (χ0) is 13.2. The van der Waals surface area contributed by atoms with Gasteiger partial charge in [-0.15, -0.1) is 0 Å². The van der Waals surface area contributed by atoms with Crippen LogP contribution in [0.3, 0.4) is 0 Å². The second-order valence-corrected chi connectivity index (χ2v) is 5.71. The summed E-state index contributed by atoms with van der Waals surface area (Å²) in [5, 5.41) is 3.40. The predicted octanol–water partition coefficient (Wildman–Crippen LogP) is 2.27. The molecule has 3 rings (SSSR count). The van der Waals surface area contributed by atoms with Gasteiger partial charge in [-0.25, -0.2) is 0 Å². The van der Waals surface area contributed by atoms with E-state index in [-0.39, 0.29) is 11.9 Å². The fourth-order valence-corrected chi connectivity index (χ4v) is 3.32. The van der Waals surface area contributed by atoms with Gasteiger partial charge in [0.05, 0.1) is 0 Å². The molecule has 0 radical (unpaired) electrons. The van der Waals surface area contributed by atoms with Gasteiger partial charge in [0.1, 0.15) is 6.04 Å². The summed E-state index contributed by atoms with van der Waals surface area (Å²) in [7, 11) is 0. The Morgan fingerprint density at radius 2 is 2.16 bits per heavy atom. The van der Waals surface area contributed by atoms with Crippen molar-refractivity contribution >= 4 is 5.91 Å². The Bertz CT molecular complexity index is 472. The van der Waals surface area contributed by atoms with Crippen LogP contribution in [0.4, 0.5) is 0 Å². The molecule has 1 aromatic carbocycles. The Hall–Kier alpha value is -1.35. The number of hydrogen-bond acceptors (Lipinski definition) is 2. The third-order valence-electron chi connectivity index (χ3n) is 4.44. The summed E-state index contributed by atoms with van der Waals surface area (Å²) in [4.78, 5) is 14.9. The van der Waals surface area contributed by atoms with Gasteiger partial charge in [0.25, 0.3) is 0 Å². The molecule has 0 aliphatic carbocycles. The number of carbonyl (C=O) groups is 1. The summed E-state index contributed by atoms with van der Waals surface area (Å²) in [6, 6.07) is 8.60. The third kappa shape index (κ3) is 2.39. The average Bonchev–Trinajstić information content (AvgIpc) is 2.46. The van der Waals surface area contributed by atoms with Crippen LogP contribution < -0.4 is 5.32 Å². The van der Waals surface area contributed by atoms with E-state index in [0.717, 1.165) is 32.4 Å². The molecular formula is C16H22N2O. The molecule has 3 heteroatoms. The minimum absolute atomic E-state index is 0.134. The quantitative estimate of drug-likeness (QED) is 0.838. The van der Waals surface area contributed by atoms with Crippen LogP contribution in [0.2, 0.25) is 0 Å². The largest absolute Gasteiger partial charge is 0.338 e. The highest BCUT2D eigenvalue weighted by Crippen LogP contribution is 2.27. The number of likely N-dealkylation sites (tertiary alicyclic amines) is 1. The van der Waals surface area contributed by atoms with Crippen molar-refractivity contribution in [3.63, 3.8) is 0 Å². The molecule has 102 valence electrons. The normalized spacial score (nSPS) is 26.9. The lowest BCUT2D eigenvalue weighted by molar-refractivity contribution is -0.137. The molecule has 0 spiro atoms. The van der Waals surface area contributed by atoms with Crippen LogP contribution in [0.15, 0.2) is 24.3 Å². The van der Waals surface area contributed by atoms with Crippen LogP contribution >= 0.6 is 0 Å². The van der Waals surface area contributed by atoms with Gasteiger partial charge >= 0.3 is 0 Å². The Balaban J connectivity index is 1.84. The molecule has 2 unspecified atom stereocenters. The number of hydrogen-bond donors (Lipinski definition) is 1. The first-order chi connectivity index (χ1) is 9.27. The Kier molecular flexibility index (Phi) is 3.56. The summed E-state index contributed by atoms with van der Waals surface area (Å²) >= 11 is 0. The first-order valence-electron chi connectivity index (χ1n) is 7.39. The number of nitrogens with zero attached hydrogens (tertiary/aromatic N) is 1. The molecule has 0 aromatic heterocycles. The summed E-state index contributed by atoms with van der Waals surface area (Å²) in [6.45, 7) is 3.99. The second-order valence-electron chi connectivity index (χ2n) is 5.71. The number of fused-ring (bicyclic) bond motifs is 1. The smallest absolute Gasteiger partial charge is 0.244 e. The lowest BCUT2D eigenvalue weighted by atomic mass is 9.92. The van der Waals surface area contributed by atoms with Gasteiger partial charge in [0, 0.05) is 19.1 Å². The number of piperidine rings is 1. The monoisotopic (exact) mass is 258 g/mol. The van der Waals surface area contributed by atoms with E-state index < -0.39 is 0 Å². The third-order valence-corrected chi connectivity index (χ3v) is 4.44. The van der Waals surface area contributed by atoms with E-state index >= 15 is 0 Å². The molecule has 1 fully saturated rings. The SMILES string of the molecule is CC1CCCCN1C(=O)C1NCCc2ccccc21. The van der Waals surface area contributed by atoms with E-state index in [1.54, 1.807) is 0 Å². The van der Waals surface area contributed by atoms with Crippen molar-refractivity contribution in [2.75, 3.05) is 13.1 Å². The Labute approximate surface area is 115 Å². The molecule has 0 bridgehead atoms. The van der Waals surface area contributed by atoms with E-state index in [2.05, 4.69) is 35.3 Å². The zero-order valence-corrected chi connectivity index (χ0v) is 11.6. The molecule has 1 amide bonds. The maximum absolute atomic E-state index is 12.8. The lowest BCUT2D eigenvalue weighted by Crippen LogP contribution is -2.49. The Morgan fingerprint density at radius 1 is 1.32 bits per heavy atom. The minimum atomic E-state index is -0.134. The number of benzene rings is 1. The second kappa shape index (κ2) is 5.33. The highest BCUT2D eigenvalue weighted by atomic mass is 16.2. The van der Waals surface area contributed by atoms with Gasteiger partial charge in [0.15, 0.2) is 0 Å². The molecular weight excluding hydrogens is 236 g/mol. The molecule has 0 saturated carbocycles. The number of nitrogens with one attached hydrogen (secondary N) is 1. The zero-order valence-electron chi connectivity index (χ0n) is 11.6. The standard InChI is InChI=1S/C16H22N2O/c1-12-6-4-5-11-18(12)16(19)15-14-8-3-2-7-13(14)9-10-17-15/h2-3,7-8,12,15,17H,4-6,9-11H2,1H3. The van der Waals surface area contributed by atoms with Crippen LogP contribution in [0.25, 0.3) is 0 Å². The fraction of sp³-hybridized carbons (Fsp3) is 0.562. The minimum Gasteiger partial charge on any atom is -0.338 e. The highest BCUT2D eigenvalue weighted by Gasteiger charge is 2.32. The maximum atomic E-state index is 12.8. The summed E-state index contributed by atoms with van der Waals surface area (Å²) in [6.07, 6.45) is 4.56. The molecule has 3 nitrogen and oxygen atoms in total. The first-order valence-corrected chi connectivity index (χ1v) is 7.39. The van der Waals surface area contributed by atoms with Crippen molar-refractivity contribution < 1.29 is 4.79 Å². The van der Waals surface area contributed by atoms with Crippen LogP contribution in [0.1, 0.15) is 43.4 Å². The van der Waals surface area contributed by atoms with E-state index in [1.807, 2.05) is 6.07 Å². The van der Waals surface area contributed by atoms with Crippen LogP contribution in [-0.2, 0) is 11.2 Å². The van der Waals surface area contributed by atoms with E-state index in [1.165, 1.54) is 17.5 Å². The van der Waals surface area contributed by atoms with Crippen molar-refractivity contribution in [1.29, 1.82) is 0 Å².